The van der Waals surface area contributed by atoms with E-state index in [-0.39, 0.29) is 11.8 Å². The number of anilines is 1. The normalized spacial score (nSPS) is 15.0. The fraction of sp³-hybridized carbons (Fsp3) is 0.455. The third-order valence-corrected chi connectivity index (χ3v) is 6.02. The van der Waals surface area contributed by atoms with E-state index in [0.717, 1.165) is 72.7 Å². The number of amides is 1. The minimum absolute atomic E-state index is 0.0649. The first kappa shape index (κ1) is 20.6. The minimum Gasteiger partial charge on any atom is -0.356 e. The lowest BCUT2D eigenvalue weighted by Crippen LogP contribution is -2.41. The molecule has 0 spiro atoms. The summed E-state index contributed by atoms with van der Waals surface area (Å²) in [6.07, 6.45) is 2.57. The van der Waals surface area contributed by atoms with Crippen molar-refractivity contribution in [1.82, 2.24) is 25.3 Å². The molecule has 1 aromatic carbocycles. The van der Waals surface area contributed by atoms with Crippen LogP contribution in [0.4, 0.5) is 5.82 Å². The largest absolute Gasteiger partial charge is 0.356 e. The van der Waals surface area contributed by atoms with E-state index in [9.17, 15) is 4.79 Å². The van der Waals surface area contributed by atoms with Crippen molar-refractivity contribution in [1.29, 1.82) is 0 Å². The zero-order valence-corrected chi connectivity index (χ0v) is 18.4. The Kier molecular flexibility index (Phi) is 5.90. The van der Waals surface area contributed by atoms with Gasteiger partial charge in [-0.3, -0.25) is 4.79 Å². The standard InChI is InChI=1S/C22H27ClN6O/c1-4-11-24-22(30)16-9-12-28(13-10-16)21-20-19(14(2)25-26-21)15(3)29(27-20)18-7-5-17(23)6-8-18/h5-8,16H,4,9-13H2,1-3H3,(H,24,30). The summed E-state index contributed by atoms with van der Waals surface area (Å²) in [5, 5.41) is 18.5. The number of aromatic nitrogens is 4. The van der Waals surface area contributed by atoms with Gasteiger partial charge in [-0.15, -0.1) is 5.10 Å². The van der Waals surface area contributed by atoms with E-state index < -0.39 is 0 Å². The van der Waals surface area contributed by atoms with Crippen LogP contribution < -0.4 is 10.2 Å². The third kappa shape index (κ3) is 3.86. The van der Waals surface area contributed by atoms with Crippen LogP contribution in [0.1, 0.15) is 37.6 Å². The molecule has 1 N–H and O–H groups in total. The number of hydrogen-bond donors (Lipinski definition) is 1. The number of hydrogen-bond acceptors (Lipinski definition) is 5. The van der Waals surface area contributed by atoms with Crippen LogP contribution in [0, 0.1) is 19.8 Å². The molecule has 3 aromatic rings. The van der Waals surface area contributed by atoms with Crippen LogP contribution in [0.5, 0.6) is 0 Å². The number of nitrogens with one attached hydrogen (secondary N) is 1. The molecule has 1 saturated heterocycles. The van der Waals surface area contributed by atoms with Crippen molar-refractivity contribution >= 4 is 34.2 Å². The van der Waals surface area contributed by atoms with Gasteiger partial charge in [0.1, 0.15) is 5.52 Å². The monoisotopic (exact) mass is 426 g/mol. The summed E-state index contributed by atoms with van der Waals surface area (Å²) >= 11 is 6.05. The molecule has 0 aliphatic carbocycles. The van der Waals surface area contributed by atoms with Gasteiger partial charge in [-0.2, -0.15) is 10.2 Å². The number of carbonyl (C=O) groups is 1. The van der Waals surface area contributed by atoms with Crippen molar-refractivity contribution in [2.45, 2.75) is 40.0 Å². The van der Waals surface area contributed by atoms with Crippen LogP contribution in [0.2, 0.25) is 5.02 Å². The van der Waals surface area contributed by atoms with Crippen LogP contribution in [0.25, 0.3) is 16.6 Å². The number of halogens is 1. The van der Waals surface area contributed by atoms with Crippen molar-refractivity contribution in [3.8, 4) is 5.69 Å². The van der Waals surface area contributed by atoms with E-state index >= 15 is 0 Å². The highest BCUT2D eigenvalue weighted by Crippen LogP contribution is 2.31. The second-order valence-corrected chi connectivity index (χ2v) is 8.30. The molecule has 30 heavy (non-hydrogen) atoms. The maximum atomic E-state index is 12.3. The lowest BCUT2D eigenvalue weighted by atomic mass is 9.95. The summed E-state index contributed by atoms with van der Waals surface area (Å²) in [4.78, 5) is 14.5. The van der Waals surface area contributed by atoms with Crippen molar-refractivity contribution in [2.75, 3.05) is 24.5 Å². The fourth-order valence-corrected chi connectivity index (χ4v) is 4.23. The lowest BCUT2D eigenvalue weighted by molar-refractivity contribution is -0.125. The molecule has 0 unspecified atom stereocenters. The highest BCUT2D eigenvalue weighted by atomic mass is 35.5. The van der Waals surface area contributed by atoms with E-state index in [1.807, 2.05) is 42.8 Å². The molecule has 158 valence electrons. The molecule has 4 rings (SSSR count). The molecule has 8 heteroatoms. The predicted octanol–water partition coefficient (Wildman–Crippen LogP) is 3.83. The topological polar surface area (TPSA) is 75.9 Å². The SMILES string of the molecule is CCCNC(=O)C1CCN(c2nnc(C)c3c(C)n(-c4ccc(Cl)cc4)nc23)CC1. The average molecular weight is 427 g/mol. The number of nitrogens with zero attached hydrogens (tertiary/aromatic N) is 5. The molecule has 0 radical (unpaired) electrons. The van der Waals surface area contributed by atoms with Crippen molar-refractivity contribution in [3.05, 3.63) is 40.7 Å². The molecule has 3 heterocycles. The van der Waals surface area contributed by atoms with Crippen molar-refractivity contribution in [2.24, 2.45) is 5.92 Å². The van der Waals surface area contributed by atoms with Gasteiger partial charge in [0.05, 0.1) is 22.5 Å². The zero-order valence-electron chi connectivity index (χ0n) is 17.7. The number of rotatable bonds is 5. The quantitative estimate of drug-likeness (QED) is 0.671. The first-order valence-corrected chi connectivity index (χ1v) is 10.9. The molecule has 0 bridgehead atoms. The van der Waals surface area contributed by atoms with Gasteiger partial charge >= 0.3 is 0 Å². The van der Waals surface area contributed by atoms with E-state index in [4.69, 9.17) is 16.7 Å². The predicted molar refractivity (Wildman–Crippen MR) is 119 cm³/mol. The summed E-state index contributed by atoms with van der Waals surface area (Å²) in [7, 11) is 0. The Hall–Kier alpha value is -2.67. The van der Waals surface area contributed by atoms with Crippen LogP contribution >= 0.6 is 11.6 Å². The molecule has 1 amide bonds. The summed E-state index contributed by atoms with van der Waals surface area (Å²) in [6.45, 7) is 8.35. The van der Waals surface area contributed by atoms with Gasteiger partial charge in [0.25, 0.3) is 0 Å². The van der Waals surface area contributed by atoms with Crippen molar-refractivity contribution in [3.63, 3.8) is 0 Å². The number of piperidine rings is 1. The maximum absolute atomic E-state index is 12.3. The van der Waals surface area contributed by atoms with Crippen LogP contribution in [-0.4, -0.2) is 45.5 Å². The first-order valence-electron chi connectivity index (χ1n) is 10.5. The molecule has 0 atom stereocenters. The minimum atomic E-state index is 0.0649. The number of aryl methyl sites for hydroxylation is 2. The van der Waals surface area contributed by atoms with Crippen LogP contribution in [-0.2, 0) is 4.79 Å². The third-order valence-electron chi connectivity index (χ3n) is 5.77. The molecule has 1 aliphatic heterocycles. The van der Waals surface area contributed by atoms with Gasteiger partial charge in [0.15, 0.2) is 5.82 Å². The van der Waals surface area contributed by atoms with Gasteiger partial charge in [-0.25, -0.2) is 4.68 Å². The van der Waals surface area contributed by atoms with Gasteiger partial charge in [-0.1, -0.05) is 18.5 Å². The molecular formula is C22H27ClN6O. The average Bonchev–Trinajstić information content (AvgIpc) is 3.11. The Morgan fingerprint density at radius 3 is 2.53 bits per heavy atom. The molecule has 1 aliphatic rings. The zero-order chi connectivity index (χ0) is 21.3. The fourth-order valence-electron chi connectivity index (χ4n) is 4.10. The van der Waals surface area contributed by atoms with E-state index in [0.29, 0.717) is 5.02 Å². The molecule has 0 saturated carbocycles. The summed E-state index contributed by atoms with van der Waals surface area (Å²) < 4.78 is 1.92. The van der Waals surface area contributed by atoms with E-state index in [2.05, 4.69) is 27.3 Å². The summed E-state index contributed by atoms with van der Waals surface area (Å²) in [5.41, 5.74) is 3.68. The lowest BCUT2D eigenvalue weighted by Gasteiger charge is -2.31. The Morgan fingerprint density at radius 2 is 1.87 bits per heavy atom. The van der Waals surface area contributed by atoms with Gasteiger partial charge in [-0.05, 0) is 57.4 Å². The van der Waals surface area contributed by atoms with Gasteiger partial charge < -0.3 is 10.2 Å². The highest BCUT2D eigenvalue weighted by molar-refractivity contribution is 6.30. The second kappa shape index (κ2) is 8.60. The molecule has 7 nitrogen and oxygen atoms in total. The smallest absolute Gasteiger partial charge is 0.223 e. The van der Waals surface area contributed by atoms with Crippen LogP contribution in [0.3, 0.4) is 0 Å². The molecular weight excluding hydrogens is 400 g/mol. The summed E-state index contributed by atoms with van der Waals surface area (Å²) in [6, 6.07) is 7.64. The highest BCUT2D eigenvalue weighted by Gasteiger charge is 2.28. The molecule has 2 aromatic heterocycles. The van der Waals surface area contributed by atoms with E-state index in [1.54, 1.807) is 0 Å². The maximum Gasteiger partial charge on any atom is 0.223 e. The molecule has 1 fully saturated rings. The Bertz CT molecular complexity index is 1050. The number of fused-ring (bicyclic) bond motifs is 1. The number of benzene rings is 1. The Balaban J connectivity index is 1.63. The number of carbonyl (C=O) groups excluding carboxylic acids is 1. The Labute approximate surface area is 181 Å². The van der Waals surface area contributed by atoms with Gasteiger partial charge in [0.2, 0.25) is 5.91 Å². The van der Waals surface area contributed by atoms with Gasteiger partial charge in [0, 0.05) is 30.6 Å². The first-order chi connectivity index (χ1) is 14.5. The van der Waals surface area contributed by atoms with E-state index in [1.165, 1.54) is 0 Å². The summed E-state index contributed by atoms with van der Waals surface area (Å²) in [5.74, 6) is 1.02. The van der Waals surface area contributed by atoms with Crippen molar-refractivity contribution < 1.29 is 4.79 Å². The van der Waals surface area contributed by atoms with Crippen LogP contribution in [0.15, 0.2) is 24.3 Å². The second-order valence-electron chi connectivity index (χ2n) is 7.86. The Morgan fingerprint density at radius 1 is 1.17 bits per heavy atom.